The van der Waals surface area contributed by atoms with E-state index < -0.39 is 0 Å². The molecule has 4 aromatic heterocycles. The summed E-state index contributed by atoms with van der Waals surface area (Å²) in [6.07, 6.45) is 9.02. The highest BCUT2D eigenvalue weighted by Crippen LogP contribution is 2.26. The van der Waals surface area contributed by atoms with Gasteiger partial charge in [-0.25, -0.2) is 19.0 Å². The number of rotatable bonds is 4. The molecule has 0 saturated carbocycles. The summed E-state index contributed by atoms with van der Waals surface area (Å²) in [5.41, 5.74) is 5.47. The van der Waals surface area contributed by atoms with Gasteiger partial charge >= 0.3 is 0 Å². The number of aromatic amines is 1. The molecule has 0 aliphatic rings. The molecule has 4 heterocycles. The minimum Gasteiger partial charge on any atom is -0.344 e. The highest BCUT2D eigenvalue weighted by molar-refractivity contribution is 5.90. The minimum absolute atomic E-state index is 0.259. The number of aryl methyl sites for hydroxylation is 1. The van der Waals surface area contributed by atoms with E-state index in [-0.39, 0.29) is 5.82 Å². The first kappa shape index (κ1) is 16.3. The van der Waals surface area contributed by atoms with E-state index in [1.165, 1.54) is 12.1 Å². The molecule has 5 aromatic rings. The fourth-order valence-electron chi connectivity index (χ4n) is 3.06. The predicted octanol–water partition coefficient (Wildman–Crippen LogP) is 2.80. The van der Waals surface area contributed by atoms with Crippen LogP contribution in [-0.2, 0) is 13.6 Å². The molecule has 0 aliphatic heterocycles. The maximum Gasteiger partial charge on any atom is 0.156 e. The van der Waals surface area contributed by atoms with Gasteiger partial charge in [-0.3, -0.25) is 4.68 Å². The van der Waals surface area contributed by atoms with Crippen LogP contribution in [0.15, 0.2) is 55.2 Å². The van der Waals surface area contributed by atoms with E-state index in [4.69, 9.17) is 4.98 Å². The Kier molecular flexibility index (Phi) is 3.71. The van der Waals surface area contributed by atoms with Crippen LogP contribution in [0.4, 0.5) is 4.39 Å². The first-order valence-electron chi connectivity index (χ1n) is 8.64. The van der Waals surface area contributed by atoms with Gasteiger partial charge in [0.25, 0.3) is 0 Å². The fourth-order valence-corrected chi connectivity index (χ4v) is 3.06. The first-order chi connectivity index (χ1) is 13.7. The van der Waals surface area contributed by atoms with Crippen molar-refractivity contribution in [2.24, 2.45) is 7.05 Å². The van der Waals surface area contributed by atoms with Crippen LogP contribution in [0.25, 0.3) is 33.7 Å². The molecule has 0 spiro atoms. The smallest absolute Gasteiger partial charge is 0.156 e. The summed E-state index contributed by atoms with van der Waals surface area (Å²) in [4.78, 5) is 12.3. The van der Waals surface area contributed by atoms with Crippen LogP contribution in [0, 0.1) is 5.82 Å². The summed E-state index contributed by atoms with van der Waals surface area (Å²) in [7, 11) is 1.86. The molecular formula is C19H15FN8. The molecule has 0 amide bonds. The van der Waals surface area contributed by atoms with Gasteiger partial charge in [0.1, 0.15) is 17.0 Å². The van der Waals surface area contributed by atoms with Gasteiger partial charge in [-0.15, -0.1) is 5.10 Å². The van der Waals surface area contributed by atoms with Crippen LogP contribution in [0.1, 0.15) is 5.56 Å². The lowest BCUT2D eigenvalue weighted by Gasteiger charge is -2.00. The molecule has 0 atom stereocenters. The second kappa shape index (κ2) is 6.38. The maximum absolute atomic E-state index is 13.1. The van der Waals surface area contributed by atoms with Gasteiger partial charge in [0.2, 0.25) is 0 Å². The van der Waals surface area contributed by atoms with E-state index in [9.17, 15) is 4.39 Å². The molecule has 0 unspecified atom stereocenters. The molecule has 9 heteroatoms. The number of halogens is 1. The first-order valence-corrected chi connectivity index (χ1v) is 8.64. The molecule has 0 aliphatic carbocycles. The summed E-state index contributed by atoms with van der Waals surface area (Å²) in [5.74, 6) is -0.259. The molecule has 138 valence electrons. The van der Waals surface area contributed by atoms with Crippen LogP contribution in [0.3, 0.4) is 0 Å². The second-order valence-electron chi connectivity index (χ2n) is 6.49. The Morgan fingerprint density at radius 1 is 1.07 bits per heavy atom. The SMILES string of the molecule is Cn1cc(-c2cnc3[nH]cc(-c4cn(Cc5ccc(F)cc5)nn4)c3n2)cn1. The Balaban J connectivity index is 1.49. The van der Waals surface area contributed by atoms with Gasteiger partial charge in [-0.2, -0.15) is 5.10 Å². The van der Waals surface area contributed by atoms with Crippen LogP contribution < -0.4 is 0 Å². The van der Waals surface area contributed by atoms with Crippen molar-refractivity contribution in [3.8, 4) is 22.5 Å². The highest BCUT2D eigenvalue weighted by atomic mass is 19.1. The van der Waals surface area contributed by atoms with Gasteiger partial charge in [0.15, 0.2) is 5.65 Å². The second-order valence-corrected chi connectivity index (χ2v) is 6.49. The standard InChI is InChI=1S/C19H15FN8/c1-27-10-13(6-23-27)16-8-22-19-18(24-16)15(7-21-19)17-11-28(26-25-17)9-12-2-4-14(20)5-3-12/h2-8,10-11H,9H2,1H3,(H,21,22). The summed E-state index contributed by atoms with van der Waals surface area (Å²) < 4.78 is 16.5. The van der Waals surface area contributed by atoms with Crippen molar-refractivity contribution in [2.75, 3.05) is 0 Å². The topological polar surface area (TPSA) is 90.1 Å². The lowest BCUT2D eigenvalue weighted by molar-refractivity contribution is 0.621. The van der Waals surface area contributed by atoms with Crippen molar-refractivity contribution in [1.29, 1.82) is 0 Å². The number of nitrogens with one attached hydrogen (secondary N) is 1. The van der Waals surface area contributed by atoms with E-state index in [0.29, 0.717) is 17.9 Å². The molecule has 1 aromatic carbocycles. The summed E-state index contributed by atoms with van der Waals surface area (Å²) >= 11 is 0. The predicted molar refractivity (Wildman–Crippen MR) is 101 cm³/mol. The number of nitrogens with zero attached hydrogens (tertiary/aromatic N) is 7. The number of hydrogen-bond donors (Lipinski definition) is 1. The molecule has 1 N–H and O–H groups in total. The van der Waals surface area contributed by atoms with Gasteiger partial charge in [0.05, 0.1) is 30.8 Å². The van der Waals surface area contributed by atoms with Crippen molar-refractivity contribution in [3.05, 3.63) is 66.6 Å². The van der Waals surface area contributed by atoms with E-state index in [2.05, 4.69) is 25.4 Å². The van der Waals surface area contributed by atoms with Gasteiger partial charge in [-0.1, -0.05) is 17.3 Å². The van der Waals surface area contributed by atoms with Crippen molar-refractivity contribution in [1.82, 2.24) is 39.7 Å². The zero-order chi connectivity index (χ0) is 19.1. The Labute approximate surface area is 158 Å². The third-order valence-corrected chi connectivity index (χ3v) is 4.45. The molecule has 0 fully saturated rings. The summed E-state index contributed by atoms with van der Waals surface area (Å²) in [6.45, 7) is 0.502. The number of benzene rings is 1. The van der Waals surface area contributed by atoms with Crippen molar-refractivity contribution >= 4 is 11.2 Å². The van der Waals surface area contributed by atoms with Gasteiger partial charge in [-0.05, 0) is 17.7 Å². The van der Waals surface area contributed by atoms with Gasteiger partial charge in [0, 0.05) is 30.6 Å². The molecule has 0 saturated heterocycles. The Hall–Kier alpha value is -3.88. The number of hydrogen-bond acceptors (Lipinski definition) is 5. The third-order valence-electron chi connectivity index (χ3n) is 4.45. The monoisotopic (exact) mass is 374 g/mol. The third kappa shape index (κ3) is 2.92. The molecular weight excluding hydrogens is 359 g/mol. The van der Waals surface area contributed by atoms with Crippen molar-refractivity contribution in [2.45, 2.75) is 6.54 Å². The summed E-state index contributed by atoms with van der Waals surface area (Å²) in [5, 5.41) is 12.6. The largest absolute Gasteiger partial charge is 0.344 e. The van der Waals surface area contributed by atoms with Gasteiger partial charge < -0.3 is 4.98 Å². The number of fused-ring (bicyclic) bond motifs is 1. The van der Waals surface area contributed by atoms with Crippen LogP contribution in [0.2, 0.25) is 0 Å². The molecule has 5 rings (SSSR count). The lowest BCUT2D eigenvalue weighted by atomic mass is 10.2. The Morgan fingerprint density at radius 3 is 2.71 bits per heavy atom. The zero-order valence-corrected chi connectivity index (χ0v) is 14.9. The zero-order valence-electron chi connectivity index (χ0n) is 14.9. The average Bonchev–Trinajstić information content (AvgIpc) is 3.42. The molecule has 0 radical (unpaired) electrons. The van der Waals surface area contributed by atoms with E-state index in [1.807, 2.05) is 25.6 Å². The highest BCUT2D eigenvalue weighted by Gasteiger charge is 2.14. The molecule has 0 bridgehead atoms. The quantitative estimate of drug-likeness (QED) is 0.522. The minimum atomic E-state index is -0.259. The van der Waals surface area contributed by atoms with Crippen LogP contribution in [-0.4, -0.2) is 39.7 Å². The van der Waals surface area contributed by atoms with E-state index >= 15 is 0 Å². The van der Waals surface area contributed by atoms with Crippen LogP contribution in [0.5, 0.6) is 0 Å². The van der Waals surface area contributed by atoms with Crippen LogP contribution >= 0.6 is 0 Å². The molecule has 8 nitrogen and oxygen atoms in total. The van der Waals surface area contributed by atoms with E-state index in [0.717, 1.165) is 27.9 Å². The average molecular weight is 374 g/mol. The summed E-state index contributed by atoms with van der Waals surface area (Å²) in [6, 6.07) is 6.33. The Bertz CT molecular complexity index is 1260. The van der Waals surface area contributed by atoms with Crippen molar-refractivity contribution in [3.63, 3.8) is 0 Å². The Morgan fingerprint density at radius 2 is 1.93 bits per heavy atom. The lowest BCUT2D eigenvalue weighted by Crippen LogP contribution is -2.00. The maximum atomic E-state index is 13.1. The molecule has 28 heavy (non-hydrogen) atoms. The normalized spacial score (nSPS) is 11.4. The number of H-pyrrole nitrogens is 1. The van der Waals surface area contributed by atoms with E-state index in [1.54, 1.807) is 33.9 Å². The number of aromatic nitrogens is 8. The van der Waals surface area contributed by atoms with Crippen molar-refractivity contribution < 1.29 is 4.39 Å². The fraction of sp³-hybridized carbons (Fsp3) is 0.105.